The summed E-state index contributed by atoms with van der Waals surface area (Å²) in [5.41, 5.74) is 1.20. The summed E-state index contributed by atoms with van der Waals surface area (Å²) in [6, 6.07) is 9.28. The molecule has 26 heavy (non-hydrogen) atoms. The Morgan fingerprint density at radius 1 is 0.692 bits per heavy atom. The maximum atomic E-state index is 14.3. The number of hydrogen-bond acceptors (Lipinski definition) is 2. The minimum Gasteiger partial charge on any atom is -0.505 e. The lowest BCUT2D eigenvalue weighted by Gasteiger charge is -2.62. The fourth-order valence-electron chi connectivity index (χ4n) is 6.57. The van der Waals surface area contributed by atoms with Crippen LogP contribution in [0, 0.1) is 35.3 Å². The highest BCUT2D eigenvalue weighted by atomic mass is 19.1. The highest BCUT2D eigenvalue weighted by molar-refractivity contribution is 5.47. The molecular weight excluding hydrogens is 334 g/mol. The van der Waals surface area contributed by atoms with E-state index in [-0.39, 0.29) is 11.5 Å². The van der Waals surface area contributed by atoms with E-state index in [2.05, 4.69) is 0 Å². The van der Waals surface area contributed by atoms with Gasteiger partial charge in [-0.15, -0.1) is 0 Å². The van der Waals surface area contributed by atoms with Crippen LogP contribution < -0.4 is 0 Å². The third kappa shape index (κ3) is 2.07. The van der Waals surface area contributed by atoms with Gasteiger partial charge in [-0.3, -0.25) is 0 Å². The van der Waals surface area contributed by atoms with Crippen LogP contribution in [0.15, 0.2) is 36.4 Å². The summed E-state index contributed by atoms with van der Waals surface area (Å²) in [6.07, 6.45) is 5.61. The third-order valence-electron chi connectivity index (χ3n) is 7.28. The van der Waals surface area contributed by atoms with Gasteiger partial charge < -0.3 is 10.2 Å². The molecule has 4 saturated carbocycles. The minimum absolute atomic E-state index is 0.339. The molecule has 0 aromatic heterocycles. The van der Waals surface area contributed by atoms with Crippen molar-refractivity contribution in [3.8, 4) is 11.5 Å². The van der Waals surface area contributed by atoms with Gasteiger partial charge in [0.05, 0.1) is 0 Å². The number of phenols is 2. The van der Waals surface area contributed by atoms with Gasteiger partial charge in [0.1, 0.15) is 0 Å². The van der Waals surface area contributed by atoms with Crippen LogP contribution in [0.5, 0.6) is 11.5 Å². The summed E-state index contributed by atoms with van der Waals surface area (Å²) in [6.45, 7) is 0. The lowest BCUT2D eigenvalue weighted by molar-refractivity contribution is -0.0420. The average Bonchev–Trinajstić information content (AvgIpc) is 2.60. The largest absolute Gasteiger partial charge is 0.505 e. The van der Waals surface area contributed by atoms with E-state index in [9.17, 15) is 19.0 Å². The van der Waals surface area contributed by atoms with Crippen molar-refractivity contribution >= 4 is 0 Å². The van der Waals surface area contributed by atoms with Gasteiger partial charge in [-0.25, -0.2) is 8.78 Å². The lowest BCUT2D eigenvalue weighted by Crippen LogP contribution is -2.56. The number of hydrogen-bond donors (Lipinski definition) is 2. The molecule has 0 heterocycles. The van der Waals surface area contributed by atoms with Crippen LogP contribution in [0.25, 0.3) is 0 Å². The fourth-order valence-corrected chi connectivity index (χ4v) is 6.57. The van der Waals surface area contributed by atoms with Gasteiger partial charge in [0.25, 0.3) is 0 Å². The van der Waals surface area contributed by atoms with Gasteiger partial charge in [0.15, 0.2) is 23.1 Å². The number of aromatic hydroxyl groups is 2. The smallest absolute Gasteiger partial charge is 0.165 e. The number of rotatable bonds is 2. The number of benzene rings is 2. The molecule has 6 rings (SSSR count). The van der Waals surface area contributed by atoms with Gasteiger partial charge in [-0.1, -0.05) is 12.1 Å². The second-order valence-corrected chi connectivity index (χ2v) is 8.51. The second kappa shape index (κ2) is 5.45. The maximum Gasteiger partial charge on any atom is 0.165 e. The van der Waals surface area contributed by atoms with Crippen molar-refractivity contribution in [2.24, 2.45) is 23.7 Å². The van der Waals surface area contributed by atoms with E-state index in [1.807, 2.05) is 0 Å². The van der Waals surface area contributed by atoms with Gasteiger partial charge in [-0.05, 0) is 91.2 Å². The highest BCUT2D eigenvalue weighted by Crippen LogP contribution is 2.65. The first kappa shape index (κ1) is 16.1. The molecule has 136 valence electrons. The van der Waals surface area contributed by atoms with Gasteiger partial charge in [-0.2, -0.15) is 0 Å². The Morgan fingerprint density at radius 2 is 1.12 bits per heavy atom. The summed E-state index contributed by atoms with van der Waals surface area (Å²) in [5.74, 6) is 0.140. The van der Waals surface area contributed by atoms with E-state index in [1.54, 1.807) is 12.1 Å². The van der Waals surface area contributed by atoms with Crippen molar-refractivity contribution in [3.63, 3.8) is 0 Å². The molecule has 0 spiro atoms. The molecule has 4 aliphatic rings. The molecule has 0 amide bonds. The molecule has 4 aliphatic carbocycles. The second-order valence-electron chi connectivity index (χ2n) is 8.51. The molecule has 0 radical (unpaired) electrons. The Hall–Kier alpha value is -2.10. The summed E-state index contributed by atoms with van der Waals surface area (Å²) >= 11 is 0. The Balaban J connectivity index is 1.75. The molecular formula is C22H22F2O2. The topological polar surface area (TPSA) is 40.5 Å². The lowest BCUT2D eigenvalue weighted by atomic mass is 9.42. The monoisotopic (exact) mass is 356 g/mol. The summed E-state index contributed by atoms with van der Waals surface area (Å²) in [4.78, 5) is 0. The summed E-state index contributed by atoms with van der Waals surface area (Å²) in [7, 11) is 0. The molecule has 2 aromatic rings. The minimum atomic E-state index is -0.630. The third-order valence-corrected chi connectivity index (χ3v) is 7.28. The van der Waals surface area contributed by atoms with Crippen LogP contribution in [0.2, 0.25) is 0 Å². The molecule has 0 aliphatic heterocycles. The molecule has 4 fully saturated rings. The standard InChI is InChI=1S/C22H22F2O2/c23-18-10-14(1-3-20(18)25)22(15-2-4-21(26)19(24)11-15)16-6-12-5-13(8-16)9-17(22)7-12/h1-4,10-13,16-17,25-26H,5-9H2. The van der Waals surface area contributed by atoms with E-state index in [1.165, 1.54) is 30.7 Å². The van der Waals surface area contributed by atoms with Gasteiger partial charge in [0, 0.05) is 5.41 Å². The zero-order valence-corrected chi connectivity index (χ0v) is 14.5. The molecule has 2 nitrogen and oxygen atoms in total. The van der Waals surface area contributed by atoms with Crippen molar-refractivity contribution in [3.05, 3.63) is 59.2 Å². The van der Waals surface area contributed by atoms with Crippen LogP contribution in [0.4, 0.5) is 8.78 Å². The van der Waals surface area contributed by atoms with Crippen LogP contribution in [-0.2, 0) is 5.41 Å². The van der Waals surface area contributed by atoms with Crippen LogP contribution in [-0.4, -0.2) is 10.2 Å². The Labute approximate surface area is 151 Å². The van der Waals surface area contributed by atoms with E-state index in [4.69, 9.17) is 0 Å². The Morgan fingerprint density at radius 3 is 1.50 bits per heavy atom. The number of phenolic OH excluding ortho intramolecular Hbond substituents is 2. The quantitative estimate of drug-likeness (QED) is 0.784. The molecule has 2 N–H and O–H groups in total. The molecule has 2 aromatic carbocycles. The van der Waals surface area contributed by atoms with E-state index in [0.29, 0.717) is 11.8 Å². The average molecular weight is 356 g/mol. The predicted molar refractivity (Wildman–Crippen MR) is 94.0 cm³/mol. The highest BCUT2D eigenvalue weighted by Gasteiger charge is 2.58. The SMILES string of the molecule is Oc1ccc(C2(c3ccc(O)c(F)c3)C3CC4CC(C3)CC2C4)cc1F. The van der Waals surface area contributed by atoms with Crippen molar-refractivity contribution < 1.29 is 19.0 Å². The zero-order chi connectivity index (χ0) is 18.1. The molecule has 4 heteroatoms. The zero-order valence-electron chi connectivity index (χ0n) is 14.5. The maximum absolute atomic E-state index is 14.3. The summed E-state index contributed by atoms with van der Waals surface area (Å²) in [5, 5.41) is 19.3. The normalized spacial score (nSPS) is 31.3. The molecule has 4 bridgehead atoms. The van der Waals surface area contributed by atoms with E-state index in [0.717, 1.165) is 48.6 Å². The van der Waals surface area contributed by atoms with Crippen molar-refractivity contribution in [2.75, 3.05) is 0 Å². The molecule has 0 unspecified atom stereocenters. The number of halogens is 2. The Bertz CT molecular complexity index is 795. The van der Waals surface area contributed by atoms with Crippen LogP contribution in [0.1, 0.15) is 43.2 Å². The van der Waals surface area contributed by atoms with Crippen molar-refractivity contribution in [1.82, 2.24) is 0 Å². The van der Waals surface area contributed by atoms with Gasteiger partial charge in [0.2, 0.25) is 0 Å². The fraction of sp³-hybridized carbons (Fsp3) is 0.455. The first-order valence-electron chi connectivity index (χ1n) is 9.46. The Kier molecular flexibility index (Phi) is 3.37. The van der Waals surface area contributed by atoms with Crippen LogP contribution >= 0.6 is 0 Å². The van der Waals surface area contributed by atoms with E-state index < -0.39 is 17.0 Å². The molecule has 0 saturated heterocycles. The van der Waals surface area contributed by atoms with Gasteiger partial charge >= 0.3 is 0 Å². The summed E-state index contributed by atoms with van der Waals surface area (Å²) < 4.78 is 28.5. The van der Waals surface area contributed by atoms with Crippen molar-refractivity contribution in [2.45, 2.75) is 37.5 Å². The first-order valence-corrected chi connectivity index (χ1v) is 9.46. The molecule has 0 atom stereocenters. The van der Waals surface area contributed by atoms with Crippen molar-refractivity contribution in [1.29, 1.82) is 0 Å². The van der Waals surface area contributed by atoms with Crippen LogP contribution in [0.3, 0.4) is 0 Å². The predicted octanol–water partition coefficient (Wildman–Crippen LogP) is 5.12. The first-order chi connectivity index (χ1) is 12.5. The van der Waals surface area contributed by atoms with E-state index >= 15 is 0 Å².